The fourth-order valence-electron chi connectivity index (χ4n) is 2.92. The van der Waals surface area contributed by atoms with Gasteiger partial charge in [-0.2, -0.15) is 13.2 Å². The van der Waals surface area contributed by atoms with Crippen molar-refractivity contribution in [3.05, 3.63) is 23.8 Å². The molecule has 0 amide bonds. The second kappa shape index (κ2) is 8.60. The Balaban J connectivity index is 2.22. The van der Waals surface area contributed by atoms with Crippen LogP contribution in [-0.4, -0.2) is 24.6 Å². The van der Waals surface area contributed by atoms with Crippen molar-refractivity contribution < 1.29 is 32.2 Å². The smallest absolute Gasteiger partial charge is 0.446 e. The molecule has 1 aromatic carbocycles. The number of carbonyl (C=O) groups excluding carboxylic acids is 2. The number of rotatable bonds is 6. The van der Waals surface area contributed by atoms with E-state index in [9.17, 15) is 22.8 Å². The minimum Gasteiger partial charge on any atom is -0.469 e. The zero-order valence-electron chi connectivity index (χ0n) is 13.7. The highest BCUT2D eigenvalue weighted by Crippen LogP contribution is 2.47. The lowest BCUT2D eigenvalue weighted by molar-refractivity contribution is -0.144. The van der Waals surface area contributed by atoms with Crippen molar-refractivity contribution in [3.8, 4) is 5.75 Å². The topological polar surface area (TPSA) is 52.6 Å². The van der Waals surface area contributed by atoms with Gasteiger partial charge in [-0.3, -0.25) is 9.59 Å². The minimum absolute atomic E-state index is 0.0607. The second-order valence-corrected chi connectivity index (χ2v) is 6.85. The third kappa shape index (κ3) is 5.95. The number of benzene rings is 1. The lowest BCUT2D eigenvalue weighted by Crippen LogP contribution is -2.13. The van der Waals surface area contributed by atoms with Gasteiger partial charge in [-0.05, 0) is 42.7 Å². The zero-order chi connectivity index (χ0) is 18.4. The molecule has 2 rings (SSSR count). The average Bonchev–Trinajstić information content (AvgIpc) is 3.05. The van der Waals surface area contributed by atoms with Crippen molar-refractivity contribution in [2.75, 3.05) is 7.11 Å². The summed E-state index contributed by atoms with van der Waals surface area (Å²) in [6.07, 6.45) is 3.08. The van der Waals surface area contributed by atoms with E-state index in [4.69, 9.17) is 4.74 Å². The third-order valence-electron chi connectivity index (χ3n) is 4.00. The molecule has 0 atom stereocenters. The van der Waals surface area contributed by atoms with Gasteiger partial charge in [0.25, 0.3) is 0 Å². The molecule has 0 bridgehead atoms. The van der Waals surface area contributed by atoms with Gasteiger partial charge in [-0.15, -0.1) is 0 Å². The average molecular weight is 376 g/mol. The molecule has 0 saturated heterocycles. The fraction of sp³-hybridized carbons (Fsp3) is 0.529. The molecule has 4 nitrogen and oxygen atoms in total. The number of esters is 2. The standard InChI is InChI=1S/C17H19F3O4S/c1-23-14(21)9-10-15(22)24-12-7-4-8-13(25-17(18,19)20)16(12)11-5-2-3-6-11/h4,7-8,11H,2-3,5-6,9-10H2,1H3. The fourth-order valence-corrected chi connectivity index (χ4v) is 3.70. The molecule has 1 aliphatic rings. The maximum Gasteiger partial charge on any atom is 0.446 e. The Morgan fingerprint density at radius 2 is 1.80 bits per heavy atom. The molecule has 0 spiro atoms. The Hall–Kier alpha value is -1.70. The molecule has 8 heteroatoms. The summed E-state index contributed by atoms with van der Waals surface area (Å²) in [5.41, 5.74) is -3.98. The van der Waals surface area contributed by atoms with E-state index >= 15 is 0 Å². The first-order valence-electron chi connectivity index (χ1n) is 7.96. The molecule has 1 aromatic rings. The van der Waals surface area contributed by atoms with E-state index < -0.39 is 17.4 Å². The van der Waals surface area contributed by atoms with Crippen LogP contribution in [-0.2, 0) is 14.3 Å². The molecule has 25 heavy (non-hydrogen) atoms. The number of hydrogen-bond donors (Lipinski definition) is 0. The molecule has 0 aliphatic heterocycles. The van der Waals surface area contributed by atoms with Gasteiger partial charge in [0.1, 0.15) is 5.75 Å². The summed E-state index contributed by atoms with van der Waals surface area (Å²) in [5, 5.41) is 0. The number of halogens is 3. The van der Waals surface area contributed by atoms with Crippen molar-refractivity contribution in [3.63, 3.8) is 0 Å². The molecule has 1 saturated carbocycles. The molecule has 1 fully saturated rings. The van der Waals surface area contributed by atoms with E-state index in [2.05, 4.69) is 4.74 Å². The third-order valence-corrected chi connectivity index (χ3v) is 4.81. The normalized spacial score (nSPS) is 15.2. The predicted octanol–water partition coefficient (Wildman–Crippen LogP) is 4.81. The SMILES string of the molecule is COC(=O)CCC(=O)Oc1cccc(SC(F)(F)F)c1C1CCCC1. The van der Waals surface area contributed by atoms with Gasteiger partial charge >= 0.3 is 17.4 Å². The summed E-state index contributed by atoms with van der Waals surface area (Å²) >= 11 is -0.188. The maximum atomic E-state index is 12.9. The van der Waals surface area contributed by atoms with E-state index in [1.807, 2.05) is 0 Å². The first kappa shape index (κ1) is 19.6. The Morgan fingerprint density at radius 1 is 1.16 bits per heavy atom. The molecular weight excluding hydrogens is 357 g/mol. The van der Waals surface area contributed by atoms with Gasteiger partial charge in [0.05, 0.1) is 20.0 Å². The van der Waals surface area contributed by atoms with Gasteiger partial charge < -0.3 is 9.47 Å². The first-order valence-corrected chi connectivity index (χ1v) is 8.78. The molecule has 0 N–H and O–H groups in total. The number of ether oxygens (including phenoxy) is 2. The number of alkyl halides is 3. The highest BCUT2D eigenvalue weighted by molar-refractivity contribution is 8.00. The van der Waals surface area contributed by atoms with Crippen LogP contribution < -0.4 is 4.74 Å². The van der Waals surface area contributed by atoms with E-state index in [1.165, 1.54) is 25.3 Å². The monoisotopic (exact) mass is 376 g/mol. The molecule has 1 aliphatic carbocycles. The van der Waals surface area contributed by atoms with E-state index in [-0.39, 0.29) is 41.2 Å². The van der Waals surface area contributed by atoms with Crippen molar-refractivity contribution in [1.82, 2.24) is 0 Å². The highest BCUT2D eigenvalue weighted by Gasteiger charge is 2.33. The molecular formula is C17H19F3O4S. The van der Waals surface area contributed by atoms with Gasteiger partial charge in [-0.1, -0.05) is 18.9 Å². The van der Waals surface area contributed by atoms with Crippen LogP contribution in [0.5, 0.6) is 5.75 Å². The Kier molecular flexibility index (Phi) is 6.75. The van der Waals surface area contributed by atoms with Crippen LogP contribution in [0.1, 0.15) is 50.0 Å². The predicted molar refractivity (Wildman–Crippen MR) is 86.4 cm³/mol. The van der Waals surface area contributed by atoms with Crippen LogP contribution in [0, 0.1) is 0 Å². The quantitative estimate of drug-likeness (QED) is 0.405. The van der Waals surface area contributed by atoms with Crippen molar-refractivity contribution in [2.24, 2.45) is 0 Å². The van der Waals surface area contributed by atoms with E-state index in [0.717, 1.165) is 25.7 Å². The summed E-state index contributed by atoms with van der Waals surface area (Å²) in [7, 11) is 1.21. The summed E-state index contributed by atoms with van der Waals surface area (Å²) in [6, 6.07) is 4.34. The molecule has 138 valence electrons. The van der Waals surface area contributed by atoms with Gasteiger partial charge in [0, 0.05) is 10.5 Å². The molecule has 0 unspecified atom stereocenters. The van der Waals surface area contributed by atoms with Crippen molar-refractivity contribution in [2.45, 2.75) is 54.8 Å². The molecule has 0 radical (unpaired) electrons. The largest absolute Gasteiger partial charge is 0.469 e. The van der Waals surface area contributed by atoms with Crippen LogP contribution >= 0.6 is 11.8 Å². The van der Waals surface area contributed by atoms with Crippen LogP contribution in [0.25, 0.3) is 0 Å². The Bertz CT molecular complexity index is 625. The molecule has 0 heterocycles. The lowest BCUT2D eigenvalue weighted by atomic mass is 9.96. The van der Waals surface area contributed by atoms with E-state index in [0.29, 0.717) is 5.56 Å². The first-order chi connectivity index (χ1) is 11.8. The van der Waals surface area contributed by atoms with Crippen LogP contribution in [0.15, 0.2) is 23.1 Å². The number of hydrogen-bond acceptors (Lipinski definition) is 5. The minimum atomic E-state index is -4.42. The summed E-state index contributed by atoms with van der Waals surface area (Å²) in [5.74, 6) is -1.13. The van der Waals surface area contributed by atoms with Crippen molar-refractivity contribution in [1.29, 1.82) is 0 Å². The summed E-state index contributed by atoms with van der Waals surface area (Å²) in [6.45, 7) is 0. The lowest BCUT2D eigenvalue weighted by Gasteiger charge is -2.19. The van der Waals surface area contributed by atoms with Gasteiger partial charge in [0.15, 0.2) is 0 Å². The van der Waals surface area contributed by atoms with Crippen LogP contribution in [0.3, 0.4) is 0 Å². The second-order valence-electron chi connectivity index (χ2n) is 5.75. The number of thioether (sulfide) groups is 1. The Labute approximate surface area is 148 Å². The zero-order valence-corrected chi connectivity index (χ0v) is 14.5. The van der Waals surface area contributed by atoms with Gasteiger partial charge in [-0.25, -0.2) is 0 Å². The highest BCUT2D eigenvalue weighted by atomic mass is 32.2. The Morgan fingerprint density at radius 3 is 2.40 bits per heavy atom. The number of carbonyl (C=O) groups is 2. The molecule has 0 aromatic heterocycles. The van der Waals surface area contributed by atoms with Crippen LogP contribution in [0.2, 0.25) is 0 Å². The van der Waals surface area contributed by atoms with Crippen molar-refractivity contribution >= 4 is 23.7 Å². The number of methoxy groups -OCH3 is 1. The summed E-state index contributed by atoms with van der Waals surface area (Å²) in [4.78, 5) is 23.1. The van der Waals surface area contributed by atoms with Crippen LogP contribution in [0.4, 0.5) is 13.2 Å². The summed E-state index contributed by atoms with van der Waals surface area (Å²) < 4.78 is 48.3. The maximum absolute atomic E-state index is 12.9. The van der Waals surface area contributed by atoms with Gasteiger partial charge in [0.2, 0.25) is 0 Å². The van der Waals surface area contributed by atoms with E-state index in [1.54, 1.807) is 0 Å².